The molecule has 0 saturated carbocycles. The summed E-state index contributed by atoms with van der Waals surface area (Å²) in [5, 5.41) is 0. The average Bonchev–Trinajstić information content (AvgIpc) is 2.83. The Hall–Kier alpha value is -2.15. The second kappa shape index (κ2) is 7.17. The molecule has 0 aliphatic rings. The van der Waals surface area contributed by atoms with Gasteiger partial charge in [0, 0.05) is 5.41 Å². The van der Waals surface area contributed by atoms with Crippen LogP contribution >= 0.6 is 11.3 Å². The summed E-state index contributed by atoms with van der Waals surface area (Å²) in [6, 6.07) is 5.53. The van der Waals surface area contributed by atoms with Crippen LogP contribution in [0.2, 0.25) is 0 Å². The molecule has 6 nitrogen and oxygen atoms in total. The van der Waals surface area contributed by atoms with Gasteiger partial charge < -0.3 is 14.0 Å². The maximum absolute atomic E-state index is 12.3. The van der Waals surface area contributed by atoms with Gasteiger partial charge in [0.15, 0.2) is 4.80 Å². The standard InChI is InChI=1S/C17H22N2O4S/c1-6-23-14(20)10-19-12-8-7-11(22-5)9-13(12)24-16(19)18-15(21)17(2,3)4/h7-9H,6,10H2,1-5H3. The summed E-state index contributed by atoms with van der Waals surface area (Å²) in [5.41, 5.74) is 0.227. The molecule has 0 bridgehead atoms. The third-order valence-corrected chi connectivity index (χ3v) is 4.36. The zero-order valence-electron chi connectivity index (χ0n) is 14.6. The van der Waals surface area contributed by atoms with Crippen LogP contribution in [-0.2, 0) is 20.9 Å². The molecule has 0 radical (unpaired) electrons. The van der Waals surface area contributed by atoms with Crippen LogP contribution in [0.5, 0.6) is 5.75 Å². The largest absolute Gasteiger partial charge is 0.497 e. The molecule has 0 unspecified atom stereocenters. The van der Waals surface area contributed by atoms with E-state index in [9.17, 15) is 9.59 Å². The second-order valence-corrected chi connectivity index (χ2v) is 7.29. The highest BCUT2D eigenvalue weighted by Crippen LogP contribution is 2.23. The summed E-state index contributed by atoms with van der Waals surface area (Å²) in [5.74, 6) is 0.108. The SMILES string of the molecule is CCOC(=O)Cn1c(=NC(=O)C(C)(C)C)sc2cc(OC)ccc21. The van der Waals surface area contributed by atoms with Crippen molar-refractivity contribution in [2.24, 2.45) is 10.4 Å². The van der Waals surface area contributed by atoms with Crippen LogP contribution in [0.25, 0.3) is 10.2 Å². The van der Waals surface area contributed by atoms with E-state index in [1.165, 1.54) is 11.3 Å². The van der Waals surface area contributed by atoms with Crippen LogP contribution in [-0.4, -0.2) is 30.2 Å². The molecular formula is C17H22N2O4S. The number of methoxy groups -OCH3 is 1. The number of hydrogen-bond donors (Lipinski definition) is 0. The fourth-order valence-electron chi connectivity index (χ4n) is 2.01. The Morgan fingerprint density at radius 1 is 1.29 bits per heavy atom. The lowest BCUT2D eigenvalue weighted by Crippen LogP contribution is -2.26. The van der Waals surface area contributed by atoms with Crippen LogP contribution in [0.15, 0.2) is 23.2 Å². The minimum atomic E-state index is -0.588. The Labute approximate surface area is 144 Å². The normalized spacial score (nSPS) is 12.5. The van der Waals surface area contributed by atoms with E-state index in [2.05, 4.69) is 4.99 Å². The second-order valence-electron chi connectivity index (χ2n) is 6.28. The molecule has 1 aromatic carbocycles. The first kappa shape index (κ1) is 18.2. The van der Waals surface area contributed by atoms with Crippen molar-refractivity contribution in [3.05, 3.63) is 23.0 Å². The quantitative estimate of drug-likeness (QED) is 0.795. The summed E-state index contributed by atoms with van der Waals surface area (Å²) < 4.78 is 12.9. The number of rotatable bonds is 4. The van der Waals surface area contributed by atoms with E-state index in [1.807, 2.05) is 39.0 Å². The first-order valence-corrected chi connectivity index (χ1v) is 8.50. The molecular weight excluding hydrogens is 328 g/mol. The highest BCUT2D eigenvalue weighted by molar-refractivity contribution is 7.16. The molecule has 0 fully saturated rings. The lowest BCUT2D eigenvalue weighted by atomic mass is 9.96. The number of aromatic nitrogens is 1. The van der Waals surface area contributed by atoms with E-state index >= 15 is 0 Å². The van der Waals surface area contributed by atoms with Crippen molar-refractivity contribution in [3.8, 4) is 5.75 Å². The number of carbonyl (C=O) groups excluding carboxylic acids is 2. The van der Waals surface area contributed by atoms with E-state index in [0.717, 1.165) is 10.2 Å². The smallest absolute Gasteiger partial charge is 0.326 e. The summed E-state index contributed by atoms with van der Waals surface area (Å²) in [4.78, 5) is 28.9. The van der Waals surface area contributed by atoms with Gasteiger partial charge in [0.2, 0.25) is 0 Å². The van der Waals surface area contributed by atoms with Crippen molar-refractivity contribution in [1.29, 1.82) is 0 Å². The minimum Gasteiger partial charge on any atom is -0.497 e. The van der Waals surface area contributed by atoms with Crippen LogP contribution in [0.3, 0.4) is 0 Å². The Morgan fingerprint density at radius 2 is 2.00 bits per heavy atom. The van der Waals surface area contributed by atoms with Crippen molar-refractivity contribution >= 4 is 33.4 Å². The number of amides is 1. The lowest BCUT2D eigenvalue weighted by molar-refractivity contribution is -0.143. The van der Waals surface area contributed by atoms with Crippen molar-refractivity contribution in [2.75, 3.05) is 13.7 Å². The molecule has 0 aliphatic heterocycles. The molecule has 7 heteroatoms. The molecule has 0 spiro atoms. The van der Waals surface area contributed by atoms with E-state index in [-0.39, 0.29) is 18.4 Å². The third kappa shape index (κ3) is 4.03. The van der Waals surface area contributed by atoms with Crippen molar-refractivity contribution < 1.29 is 19.1 Å². The van der Waals surface area contributed by atoms with Gasteiger partial charge in [-0.15, -0.1) is 0 Å². The maximum atomic E-state index is 12.3. The molecule has 2 rings (SSSR count). The number of thiazole rings is 1. The molecule has 1 heterocycles. The van der Waals surface area contributed by atoms with Gasteiger partial charge in [-0.2, -0.15) is 4.99 Å². The first-order chi connectivity index (χ1) is 11.3. The fraction of sp³-hybridized carbons (Fsp3) is 0.471. The molecule has 24 heavy (non-hydrogen) atoms. The van der Waals surface area contributed by atoms with E-state index in [1.54, 1.807) is 18.6 Å². The Balaban J connectivity index is 2.61. The Kier molecular flexibility index (Phi) is 5.43. The number of benzene rings is 1. The van der Waals surface area contributed by atoms with Crippen LogP contribution in [0.1, 0.15) is 27.7 Å². The van der Waals surface area contributed by atoms with E-state index < -0.39 is 5.41 Å². The summed E-state index contributed by atoms with van der Waals surface area (Å²) >= 11 is 1.35. The molecule has 130 valence electrons. The van der Waals surface area contributed by atoms with Crippen molar-refractivity contribution in [3.63, 3.8) is 0 Å². The number of hydrogen-bond acceptors (Lipinski definition) is 5. The van der Waals surface area contributed by atoms with Crippen LogP contribution in [0, 0.1) is 5.41 Å². The molecule has 2 aromatic rings. The van der Waals surface area contributed by atoms with Gasteiger partial charge in [-0.1, -0.05) is 32.1 Å². The van der Waals surface area contributed by atoms with Gasteiger partial charge in [0.05, 0.1) is 23.9 Å². The predicted molar refractivity (Wildman–Crippen MR) is 93.0 cm³/mol. The van der Waals surface area contributed by atoms with Gasteiger partial charge in [0.1, 0.15) is 12.3 Å². The molecule has 1 aromatic heterocycles. The topological polar surface area (TPSA) is 69.9 Å². The average molecular weight is 350 g/mol. The van der Waals surface area contributed by atoms with E-state index in [0.29, 0.717) is 17.2 Å². The first-order valence-electron chi connectivity index (χ1n) is 7.68. The van der Waals surface area contributed by atoms with Gasteiger partial charge in [-0.3, -0.25) is 9.59 Å². The molecule has 1 amide bonds. The zero-order chi connectivity index (χ0) is 17.9. The van der Waals surface area contributed by atoms with Gasteiger partial charge in [-0.25, -0.2) is 0 Å². The summed E-state index contributed by atoms with van der Waals surface area (Å²) in [7, 11) is 1.59. The van der Waals surface area contributed by atoms with Gasteiger partial charge in [-0.05, 0) is 25.1 Å². The molecule has 0 atom stereocenters. The Bertz CT molecular complexity index is 827. The number of nitrogens with zero attached hydrogens (tertiary/aromatic N) is 2. The number of fused-ring (bicyclic) bond motifs is 1. The predicted octanol–water partition coefficient (Wildman–Crippen LogP) is 2.75. The lowest BCUT2D eigenvalue weighted by Gasteiger charge is -2.12. The van der Waals surface area contributed by atoms with Crippen LogP contribution < -0.4 is 9.54 Å². The number of carbonyl (C=O) groups is 2. The molecule has 0 N–H and O–H groups in total. The number of esters is 1. The highest BCUT2D eigenvalue weighted by Gasteiger charge is 2.21. The van der Waals surface area contributed by atoms with E-state index in [4.69, 9.17) is 9.47 Å². The van der Waals surface area contributed by atoms with Gasteiger partial charge >= 0.3 is 5.97 Å². The van der Waals surface area contributed by atoms with Crippen LogP contribution in [0.4, 0.5) is 0 Å². The Morgan fingerprint density at radius 3 is 2.58 bits per heavy atom. The third-order valence-electron chi connectivity index (χ3n) is 3.32. The number of ether oxygens (including phenoxy) is 2. The fourth-order valence-corrected chi connectivity index (χ4v) is 3.07. The summed E-state index contributed by atoms with van der Waals surface area (Å²) in [6.07, 6.45) is 0. The highest BCUT2D eigenvalue weighted by atomic mass is 32.1. The van der Waals surface area contributed by atoms with Gasteiger partial charge in [0.25, 0.3) is 5.91 Å². The zero-order valence-corrected chi connectivity index (χ0v) is 15.4. The minimum absolute atomic E-state index is 0.0103. The maximum Gasteiger partial charge on any atom is 0.326 e. The molecule has 0 aliphatic carbocycles. The summed E-state index contributed by atoms with van der Waals surface area (Å²) in [6.45, 7) is 7.51. The van der Waals surface area contributed by atoms with Crippen molar-refractivity contribution in [1.82, 2.24) is 4.57 Å². The monoisotopic (exact) mass is 350 g/mol. The van der Waals surface area contributed by atoms with Crippen molar-refractivity contribution in [2.45, 2.75) is 34.2 Å². The molecule has 0 saturated heterocycles.